The van der Waals surface area contributed by atoms with Gasteiger partial charge in [0.05, 0.1) is 10.2 Å². The molecule has 0 radical (unpaired) electrons. The van der Waals surface area contributed by atoms with Gasteiger partial charge < -0.3 is 9.84 Å². The van der Waals surface area contributed by atoms with Crippen molar-refractivity contribution < 1.29 is 24.2 Å². The molecular weight excluding hydrogens is 460 g/mol. The number of hydrogen-bond donors (Lipinski definition) is 2. The van der Waals surface area contributed by atoms with E-state index in [1.54, 1.807) is 30.3 Å². The lowest BCUT2D eigenvalue weighted by Gasteiger charge is -2.29. The summed E-state index contributed by atoms with van der Waals surface area (Å²) in [4.78, 5) is 37.2. The molecule has 2 aromatic rings. The zero-order valence-electron chi connectivity index (χ0n) is 15.1. The summed E-state index contributed by atoms with van der Waals surface area (Å²) in [7, 11) is 0. The van der Waals surface area contributed by atoms with E-state index in [-0.39, 0.29) is 10.7 Å². The first kappa shape index (κ1) is 20.7. The van der Waals surface area contributed by atoms with Gasteiger partial charge in [-0.3, -0.25) is 19.8 Å². The molecule has 1 fully saturated rings. The molecule has 0 aliphatic carbocycles. The first-order chi connectivity index (χ1) is 13.8. The topological polar surface area (TPSA) is 95.9 Å². The van der Waals surface area contributed by atoms with E-state index in [0.717, 1.165) is 5.56 Å². The molecule has 2 N–H and O–H groups in total. The quantitative estimate of drug-likeness (QED) is 0.392. The van der Waals surface area contributed by atoms with Gasteiger partial charge in [0.2, 0.25) is 0 Å². The Morgan fingerprint density at radius 1 is 1.24 bits per heavy atom. The van der Waals surface area contributed by atoms with E-state index in [1.807, 2.05) is 19.1 Å². The molecule has 0 saturated carbocycles. The molecule has 2 amide bonds. The zero-order chi connectivity index (χ0) is 21.1. The number of aryl methyl sites for hydroxylation is 1. The fourth-order valence-electron chi connectivity index (χ4n) is 2.62. The van der Waals surface area contributed by atoms with Crippen LogP contribution >= 0.6 is 28.1 Å². The van der Waals surface area contributed by atoms with E-state index in [4.69, 9.17) is 22.1 Å². The molecule has 0 spiro atoms. The van der Waals surface area contributed by atoms with Crippen molar-refractivity contribution in [2.45, 2.75) is 6.92 Å². The Bertz CT molecular complexity index is 1050. The van der Waals surface area contributed by atoms with Gasteiger partial charge in [-0.25, -0.2) is 4.79 Å². The van der Waals surface area contributed by atoms with Crippen LogP contribution < -0.4 is 15.0 Å². The van der Waals surface area contributed by atoms with E-state index >= 15 is 0 Å². The van der Waals surface area contributed by atoms with Gasteiger partial charge in [-0.2, -0.15) is 0 Å². The average molecular weight is 475 g/mol. The molecule has 29 heavy (non-hydrogen) atoms. The third kappa shape index (κ3) is 4.69. The maximum atomic E-state index is 13.0. The van der Waals surface area contributed by atoms with E-state index in [2.05, 4.69) is 21.2 Å². The smallest absolute Gasteiger partial charge is 0.341 e. The van der Waals surface area contributed by atoms with Crippen molar-refractivity contribution >= 4 is 62.8 Å². The summed E-state index contributed by atoms with van der Waals surface area (Å²) in [6.45, 7) is 1.44. The van der Waals surface area contributed by atoms with Gasteiger partial charge in [-0.1, -0.05) is 23.8 Å². The summed E-state index contributed by atoms with van der Waals surface area (Å²) in [5.41, 5.74) is 2.05. The predicted molar refractivity (Wildman–Crippen MR) is 115 cm³/mol. The highest BCUT2D eigenvalue weighted by atomic mass is 79.9. The Balaban J connectivity index is 1.91. The number of ether oxygens (including phenoxy) is 1. The highest BCUT2D eigenvalue weighted by molar-refractivity contribution is 9.10. The van der Waals surface area contributed by atoms with Gasteiger partial charge in [0, 0.05) is 0 Å². The summed E-state index contributed by atoms with van der Waals surface area (Å²) < 4.78 is 5.63. The molecule has 148 valence electrons. The summed E-state index contributed by atoms with van der Waals surface area (Å²) in [6, 6.07) is 12.0. The summed E-state index contributed by atoms with van der Waals surface area (Å²) >= 11 is 8.47. The van der Waals surface area contributed by atoms with Crippen LogP contribution in [0.25, 0.3) is 6.08 Å². The second-order valence-corrected chi connectivity index (χ2v) is 7.41. The minimum absolute atomic E-state index is 0.0135. The Morgan fingerprint density at radius 2 is 1.93 bits per heavy atom. The lowest BCUT2D eigenvalue weighted by Crippen LogP contribution is -2.54. The molecule has 2 aromatic carbocycles. The van der Waals surface area contributed by atoms with Gasteiger partial charge in [0.25, 0.3) is 11.8 Å². The van der Waals surface area contributed by atoms with Crippen LogP contribution in [0.4, 0.5) is 5.69 Å². The van der Waals surface area contributed by atoms with Crippen molar-refractivity contribution in [3.05, 3.63) is 63.6 Å². The number of thiocarbonyl (C=S) groups is 1. The van der Waals surface area contributed by atoms with Crippen LogP contribution in [0.15, 0.2) is 52.5 Å². The Labute approximate surface area is 180 Å². The minimum atomic E-state index is -1.10. The summed E-state index contributed by atoms with van der Waals surface area (Å²) in [5.74, 6) is -1.90. The molecule has 0 unspecified atom stereocenters. The highest BCUT2D eigenvalue weighted by Gasteiger charge is 2.34. The third-order valence-corrected chi connectivity index (χ3v) is 4.92. The van der Waals surface area contributed by atoms with Gasteiger partial charge in [0.15, 0.2) is 11.7 Å². The number of carbonyl (C=O) groups is 3. The number of benzene rings is 2. The number of hydrogen-bond acceptors (Lipinski definition) is 5. The third-order valence-electron chi connectivity index (χ3n) is 4.01. The van der Waals surface area contributed by atoms with Gasteiger partial charge in [-0.15, -0.1) is 0 Å². The fourth-order valence-corrected chi connectivity index (χ4v) is 3.41. The number of anilines is 1. The number of carboxylic acids is 1. The largest absolute Gasteiger partial charge is 0.481 e. The number of nitrogens with zero attached hydrogens (tertiary/aromatic N) is 1. The molecule has 3 rings (SSSR count). The standard InChI is InChI=1S/C20H15BrN2O5S/c1-11-2-5-13(6-3-11)23-19(27)14(18(26)22-20(23)29)8-12-4-7-16(15(21)9-12)28-10-17(24)25/h2-9H,10H2,1H3,(H,24,25)(H,22,26,29)/b14-8+. The van der Waals surface area contributed by atoms with Crippen LogP contribution in [0.1, 0.15) is 11.1 Å². The Kier molecular flexibility index (Phi) is 6.09. The van der Waals surface area contributed by atoms with Crippen molar-refractivity contribution in [3.63, 3.8) is 0 Å². The molecule has 0 bridgehead atoms. The van der Waals surface area contributed by atoms with E-state index in [1.165, 1.54) is 11.0 Å². The fraction of sp³-hybridized carbons (Fsp3) is 0.100. The number of nitrogens with one attached hydrogen (secondary N) is 1. The highest BCUT2D eigenvalue weighted by Crippen LogP contribution is 2.28. The van der Waals surface area contributed by atoms with Crippen molar-refractivity contribution in [1.29, 1.82) is 0 Å². The first-order valence-electron chi connectivity index (χ1n) is 8.38. The molecule has 7 nitrogen and oxygen atoms in total. The predicted octanol–water partition coefficient (Wildman–Crippen LogP) is 3.05. The number of aliphatic carboxylic acids is 1. The second kappa shape index (κ2) is 8.54. The number of carboxylic acid groups (broad SMARTS) is 1. The van der Waals surface area contributed by atoms with Crippen LogP contribution in [0.5, 0.6) is 5.75 Å². The normalized spacial score (nSPS) is 15.4. The van der Waals surface area contributed by atoms with Crippen LogP contribution in [-0.2, 0) is 14.4 Å². The SMILES string of the molecule is Cc1ccc(N2C(=O)/C(=C/c3ccc(OCC(=O)O)c(Br)c3)C(=O)NC2=S)cc1. The molecule has 9 heteroatoms. The molecule has 1 aliphatic heterocycles. The van der Waals surface area contributed by atoms with Crippen LogP contribution in [0, 0.1) is 6.92 Å². The van der Waals surface area contributed by atoms with Crippen molar-refractivity contribution in [1.82, 2.24) is 5.32 Å². The monoisotopic (exact) mass is 474 g/mol. The zero-order valence-corrected chi connectivity index (χ0v) is 17.5. The van der Waals surface area contributed by atoms with Crippen molar-refractivity contribution in [2.75, 3.05) is 11.5 Å². The first-order valence-corrected chi connectivity index (χ1v) is 9.58. The van der Waals surface area contributed by atoms with Gasteiger partial charge >= 0.3 is 5.97 Å². The van der Waals surface area contributed by atoms with Crippen LogP contribution in [0.3, 0.4) is 0 Å². The minimum Gasteiger partial charge on any atom is -0.481 e. The van der Waals surface area contributed by atoms with Crippen LogP contribution in [0.2, 0.25) is 0 Å². The maximum absolute atomic E-state index is 13.0. The number of rotatable bonds is 5. The van der Waals surface area contributed by atoms with Gasteiger partial charge in [0.1, 0.15) is 11.3 Å². The van der Waals surface area contributed by atoms with E-state index < -0.39 is 24.4 Å². The molecule has 0 aromatic heterocycles. The maximum Gasteiger partial charge on any atom is 0.341 e. The lowest BCUT2D eigenvalue weighted by molar-refractivity contribution is -0.139. The summed E-state index contributed by atoms with van der Waals surface area (Å²) in [6.07, 6.45) is 1.44. The Morgan fingerprint density at radius 3 is 2.55 bits per heavy atom. The van der Waals surface area contributed by atoms with Gasteiger partial charge in [-0.05, 0) is 71.0 Å². The number of amides is 2. The Hall–Kier alpha value is -3.04. The molecule has 1 heterocycles. The molecule has 0 atom stereocenters. The van der Waals surface area contributed by atoms with E-state index in [9.17, 15) is 14.4 Å². The molecular formula is C20H15BrN2O5S. The molecule has 1 aliphatic rings. The van der Waals surface area contributed by atoms with E-state index in [0.29, 0.717) is 21.5 Å². The van der Waals surface area contributed by atoms with Crippen molar-refractivity contribution in [2.24, 2.45) is 0 Å². The number of halogens is 1. The van der Waals surface area contributed by atoms with Crippen molar-refractivity contribution in [3.8, 4) is 5.75 Å². The molecule has 1 saturated heterocycles. The number of carbonyl (C=O) groups excluding carboxylic acids is 2. The summed E-state index contributed by atoms with van der Waals surface area (Å²) in [5, 5.41) is 11.2. The second-order valence-electron chi connectivity index (χ2n) is 6.17. The average Bonchev–Trinajstić information content (AvgIpc) is 2.65. The lowest BCUT2D eigenvalue weighted by atomic mass is 10.1. The van der Waals surface area contributed by atoms with Crippen LogP contribution in [-0.4, -0.2) is 34.6 Å².